The van der Waals surface area contributed by atoms with Crippen molar-refractivity contribution in [2.24, 2.45) is 17.8 Å². The van der Waals surface area contributed by atoms with E-state index < -0.39 is 12.1 Å². The van der Waals surface area contributed by atoms with Crippen LogP contribution in [0, 0.1) is 17.8 Å². The van der Waals surface area contributed by atoms with E-state index in [1.165, 1.54) is 0 Å². The van der Waals surface area contributed by atoms with Gasteiger partial charge in [0.1, 0.15) is 0 Å². The number of nitrogens with zero attached hydrogens (tertiary/aromatic N) is 3. The number of hydrogen-bond acceptors (Lipinski definition) is 6. The van der Waals surface area contributed by atoms with Gasteiger partial charge < -0.3 is 24.4 Å². The maximum atomic E-state index is 12.7. The van der Waals surface area contributed by atoms with Gasteiger partial charge in [0.2, 0.25) is 5.91 Å². The topological polar surface area (TPSA) is 109 Å². The fourth-order valence-electron chi connectivity index (χ4n) is 4.32. The molecule has 0 aromatic carbocycles. The second-order valence-electron chi connectivity index (χ2n) is 8.17. The first-order valence-corrected chi connectivity index (χ1v) is 10.6. The van der Waals surface area contributed by atoms with Crippen molar-refractivity contribution in [3.05, 3.63) is 30.1 Å². The van der Waals surface area contributed by atoms with Gasteiger partial charge >= 0.3 is 12.1 Å². The van der Waals surface area contributed by atoms with Crippen LogP contribution in [0.2, 0.25) is 0 Å². The number of pyridine rings is 1. The van der Waals surface area contributed by atoms with Crippen molar-refractivity contribution in [3.8, 4) is 0 Å². The van der Waals surface area contributed by atoms with Gasteiger partial charge in [-0.15, -0.1) is 0 Å². The van der Waals surface area contributed by atoms with Crippen molar-refractivity contribution >= 4 is 17.8 Å². The number of carboxylic acid groups (broad SMARTS) is 1. The lowest BCUT2D eigenvalue weighted by Gasteiger charge is -2.34. The summed E-state index contributed by atoms with van der Waals surface area (Å²) in [5.74, 6) is -1.74. The molecule has 3 aliphatic heterocycles. The third-order valence-corrected chi connectivity index (χ3v) is 6.00. The van der Waals surface area contributed by atoms with E-state index >= 15 is 0 Å². The van der Waals surface area contributed by atoms with Crippen LogP contribution in [0.4, 0.5) is 13.2 Å². The number of fused-ring (bicyclic) bond motifs is 1. The number of morpholine rings is 1. The van der Waals surface area contributed by atoms with Crippen molar-refractivity contribution in [1.29, 1.82) is 0 Å². The lowest BCUT2D eigenvalue weighted by Crippen LogP contribution is -2.44. The number of carbonyl (C=O) groups excluding carboxylic acids is 2. The molecule has 4 rings (SSSR count). The molecule has 0 bridgehead atoms. The van der Waals surface area contributed by atoms with Gasteiger partial charge in [-0.25, -0.2) is 4.79 Å². The van der Waals surface area contributed by atoms with Crippen LogP contribution in [0.15, 0.2) is 24.5 Å². The van der Waals surface area contributed by atoms with Crippen LogP contribution < -0.4 is 0 Å². The Morgan fingerprint density at radius 2 is 1.79 bits per heavy atom. The molecule has 182 valence electrons. The Labute approximate surface area is 188 Å². The Hall–Kier alpha value is -2.73. The van der Waals surface area contributed by atoms with Gasteiger partial charge in [-0.2, -0.15) is 13.2 Å². The smallest absolute Gasteiger partial charge is 0.475 e. The van der Waals surface area contributed by atoms with Gasteiger partial charge in [-0.05, 0) is 24.0 Å². The molecule has 33 heavy (non-hydrogen) atoms. The molecule has 3 atom stereocenters. The largest absolute Gasteiger partial charge is 0.490 e. The highest BCUT2D eigenvalue weighted by molar-refractivity contribution is 5.94. The average molecular weight is 473 g/mol. The summed E-state index contributed by atoms with van der Waals surface area (Å²) in [6.45, 7) is 5.25. The molecule has 3 aliphatic rings. The normalized spacial score (nSPS) is 25.0. The van der Waals surface area contributed by atoms with E-state index in [0.29, 0.717) is 76.4 Å². The summed E-state index contributed by atoms with van der Waals surface area (Å²) < 4.78 is 42.8. The summed E-state index contributed by atoms with van der Waals surface area (Å²) in [6, 6.07) is 3.58. The van der Waals surface area contributed by atoms with Crippen LogP contribution in [-0.4, -0.2) is 96.5 Å². The van der Waals surface area contributed by atoms with E-state index in [9.17, 15) is 22.8 Å². The summed E-state index contributed by atoms with van der Waals surface area (Å²) in [6.07, 6.45) is -1.31. The number of carboxylic acids is 1. The summed E-state index contributed by atoms with van der Waals surface area (Å²) in [5, 5.41) is 7.12. The van der Waals surface area contributed by atoms with Gasteiger partial charge in [-0.1, -0.05) is 0 Å². The predicted molar refractivity (Wildman–Crippen MR) is 107 cm³/mol. The Bertz CT molecular complexity index is 832. The molecular weight excluding hydrogens is 447 g/mol. The van der Waals surface area contributed by atoms with Crippen LogP contribution in [0.1, 0.15) is 16.8 Å². The van der Waals surface area contributed by atoms with E-state index in [1.54, 1.807) is 24.5 Å². The number of amides is 2. The van der Waals surface area contributed by atoms with E-state index in [1.807, 2.05) is 9.80 Å². The molecule has 0 unspecified atom stereocenters. The second kappa shape index (κ2) is 10.9. The van der Waals surface area contributed by atoms with Crippen molar-refractivity contribution in [3.63, 3.8) is 0 Å². The first-order chi connectivity index (χ1) is 15.7. The summed E-state index contributed by atoms with van der Waals surface area (Å²) in [4.78, 5) is 42.1. The highest BCUT2D eigenvalue weighted by Gasteiger charge is 2.43. The molecule has 1 aromatic rings. The zero-order valence-electron chi connectivity index (χ0n) is 17.9. The van der Waals surface area contributed by atoms with E-state index in [4.69, 9.17) is 19.4 Å². The third-order valence-electron chi connectivity index (χ3n) is 6.00. The molecule has 9 nitrogen and oxygen atoms in total. The highest BCUT2D eigenvalue weighted by atomic mass is 19.4. The van der Waals surface area contributed by atoms with Gasteiger partial charge in [0.05, 0.1) is 32.0 Å². The van der Waals surface area contributed by atoms with Crippen molar-refractivity contribution < 1.29 is 42.1 Å². The first kappa shape index (κ1) is 24.9. The fourth-order valence-corrected chi connectivity index (χ4v) is 4.32. The SMILES string of the molecule is O=C(C[C@@H]1COC[C@H]2CN(C(=O)c3cccnc3)C[C@@H]12)N1CCOCC1.O=C(O)C(F)(F)F. The number of rotatable bonds is 3. The van der Waals surface area contributed by atoms with E-state index in [-0.39, 0.29) is 17.7 Å². The molecule has 3 fully saturated rings. The molecule has 0 spiro atoms. The minimum Gasteiger partial charge on any atom is -0.475 e. The molecule has 1 N–H and O–H groups in total. The quantitative estimate of drug-likeness (QED) is 0.705. The van der Waals surface area contributed by atoms with Crippen molar-refractivity contribution in [1.82, 2.24) is 14.8 Å². The Balaban J connectivity index is 0.000000383. The maximum Gasteiger partial charge on any atom is 0.490 e. The molecule has 0 aliphatic carbocycles. The standard InChI is InChI=1S/C19H25N3O4.C2HF3O2/c23-18(21-4-6-25-7-5-21)8-15-12-26-13-16-10-22(11-17(15)16)19(24)14-2-1-3-20-9-14;3-2(4,5)1(6)7/h1-3,9,15-17H,4-8,10-13H2;(H,6,7)/t15-,16-,17+;/m1./s1. The van der Waals surface area contributed by atoms with Crippen LogP contribution in [0.3, 0.4) is 0 Å². The second-order valence-corrected chi connectivity index (χ2v) is 8.17. The predicted octanol–water partition coefficient (Wildman–Crippen LogP) is 1.30. The fraction of sp³-hybridized carbons (Fsp3) is 0.619. The van der Waals surface area contributed by atoms with Crippen molar-refractivity contribution in [2.45, 2.75) is 12.6 Å². The van der Waals surface area contributed by atoms with E-state index in [2.05, 4.69) is 4.98 Å². The lowest BCUT2D eigenvalue weighted by atomic mass is 9.81. The number of aromatic nitrogens is 1. The molecule has 0 radical (unpaired) electrons. The maximum absolute atomic E-state index is 12.7. The van der Waals surface area contributed by atoms with Gasteiger partial charge in [0, 0.05) is 50.9 Å². The Morgan fingerprint density at radius 3 is 2.39 bits per heavy atom. The number of carbonyl (C=O) groups is 3. The van der Waals surface area contributed by atoms with Crippen LogP contribution in [0.5, 0.6) is 0 Å². The Morgan fingerprint density at radius 1 is 1.09 bits per heavy atom. The van der Waals surface area contributed by atoms with Gasteiger partial charge in [-0.3, -0.25) is 14.6 Å². The van der Waals surface area contributed by atoms with Gasteiger partial charge in [0.15, 0.2) is 0 Å². The molecule has 4 heterocycles. The molecule has 1 aromatic heterocycles. The third kappa shape index (κ3) is 6.64. The first-order valence-electron chi connectivity index (χ1n) is 10.6. The number of likely N-dealkylation sites (tertiary alicyclic amines) is 1. The molecule has 0 saturated carbocycles. The number of halogens is 3. The van der Waals surface area contributed by atoms with Crippen molar-refractivity contribution in [2.75, 3.05) is 52.6 Å². The minimum atomic E-state index is -5.08. The average Bonchev–Trinajstić information content (AvgIpc) is 3.25. The number of hydrogen-bond donors (Lipinski definition) is 1. The molecule has 2 amide bonds. The van der Waals surface area contributed by atoms with Gasteiger partial charge in [0.25, 0.3) is 5.91 Å². The Kier molecular flexibility index (Phi) is 8.25. The minimum absolute atomic E-state index is 0.0192. The molecular formula is C21H26F3N3O6. The zero-order chi connectivity index (χ0) is 24.0. The summed E-state index contributed by atoms with van der Waals surface area (Å²) in [5.41, 5.74) is 0.619. The van der Waals surface area contributed by atoms with E-state index in [0.717, 1.165) is 0 Å². The molecule has 12 heteroatoms. The van der Waals surface area contributed by atoms with Crippen LogP contribution in [0.25, 0.3) is 0 Å². The monoisotopic (exact) mass is 473 g/mol. The summed E-state index contributed by atoms with van der Waals surface area (Å²) >= 11 is 0. The summed E-state index contributed by atoms with van der Waals surface area (Å²) in [7, 11) is 0. The van der Waals surface area contributed by atoms with Crippen LogP contribution >= 0.6 is 0 Å². The lowest BCUT2D eigenvalue weighted by molar-refractivity contribution is -0.192. The zero-order valence-corrected chi connectivity index (χ0v) is 17.9. The number of ether oxygens (including phenoxy) is 2. The van der Waals surface area contributed by atoms with Crippen LogP contribution in [-0.2, 0) is 19.1 Å². The number of alkyl halides is 3. The number of aliphatic carboxylic acids is 1. The highest BCUT2D eigenvalue weighted by Crippen LogP contribution is 2.36. The molecule has 3 saturated heterocycles.